The third-order valence-corrected chi connectivity index (χ3v) is 5.93. The summed E-state index contributed by atoms with van der Waals surface area (Å²) in [5, 5.41) is 14.4. The van der Waals surface area contributed by atoms with Gasteiger partial charge >= 0.3 is 0 Å². The van der Waals surface area contributed by atoms with Gasteiger partial charge in [0.15, 0.2) is 0 Å². The second kappa shape index (κ2) is 9.16. The smallest absolute Gasteiger partial charge is 0.293 e. The molecule has 8 heteroatoms. The average Bonchev–Trinajstić information content (AvgIpc) is 3.34. The van der Waals surface area contributed by atoms with Crippen molar-refractivity contribution in [3.05, 3.63) is 63.7 Å². The molecule has 8 nitrogen and oxygen atoms in total. The molecule has 0 aliphatic carbocycles. The van der Waals surface area contributed by atoms with Gasteiger partial charge in [-0.3, -0.25) is 19.7 Å². The lowest BCUT2D eigenvalue weighted by atomic mass is 10.1. The predicted octanol–water partition coefficient (Wildman–Crippen LogP) is 4.07. The largest absolute Gasteiger partial charge is 0.366 e. The van der Waals surface area contributed by atoms with E-state index in [0.29, 0.717) is 30.0 Å². The van der Waals surface area contributed by atoms with Crippen molar-refractivity contribution in [1.82, 2.24) is 4.90 Å². The molecule has 0 saturated carbocycles. The lowest BCUT2D eigenvalue weighted by molar-refractivity contribution is -0.384. The standard InChI is InChI=1S/C23H26N4O4/c28-22(17-10-11-20(21(16-17)27(30)31)25-12-6-7-13-25)24-19-9-3-2-8-18(19)23(29)26-14-4-1-5-15-26/h2-3,8-11,16H,1,4-7,12-15H2,(H,24,28). The summed E-state index contributed by atoms with van der Waals surface area (Å²) in [5.41, 5.74) is 1.50. The normalized spacial score (nSPS) is 16.3. The highest BCUT2D eigenvalue weighted by molar-refractivity contribution is 6.09. The molecule has 31 heavy (non-hydrogen) atoms. The number of nitrogens with one attached hydrogen (secondary N) is 1. The second-order valence-electron chi connectivity index (χ2n) is 8.01. The minimum absolute atomic E-state index is 0.0766. The molecule has 2 saturated heterocycles. The number of likely N-dealkylation sites (tertiary alicyclic amines) is 1. The predicted molar refractivity (Wildman–Crippen MR) is 119 cm³/mol. The maximum atomic E-state index is 13.0. The number of nitro benzene ring substituents is 1. The van der Waals surface area contributed by atoms with E-state index in [1.54, 1.807) is 36.4 Å². The molecule has 2 fully saturated rings. The highest BCUT2D eigenvalue weighted by Gasteiger charge is 2.25. The van der Waals surface area contributed by atoms with Gasteiger partial charge in [0.2, 0.25) is 0 Å². The minimum atomic E-state index is -0.477. The van der Waals surface area contributed by atoms with Crippen LogP contribution in [-0.2, 0) is 0 Å². The second-order valence-corrected chi connectivity index (χ2v) is 8.01. The molecule has 2 aliphatic heterocycles. The van der Waals surface area contributed by atoms with E-state index in [9.17, 15) is 19.7 Å². The summed E-state index contributed by atoms with van der Waals surface area (Å²) >= 11 is 0. The number of nitrogens with zero attached hydrogens (tertiary/aromatic N) is 3. The molecule has 0 radical (unpaired) electrons. The van der Waals surface area contributed by atoms with Gasteiger partial charge in [0.25, 0.3) is 17.5 Å². The number of nitro groups is 1. The van der Waals surface area contributed by atoms with Gasteiger partial charge in [0.05, 0.1) is 16.2 Å². The van der Waals surface area contributed by atoms with E-state index in [1.165, 1.54) is 6.07 Å². The van der Waals surface area contributed by atoms with Crippen molar-refractivity contribution >= 4 is 28.9 Å². The van der Waals surface area contributed by atoms with Crippen LogP contribution in [0.15, 0.2) is 42.5 Å². The summed E-state index contributed by atoms with van der Waals surface area (Å²) < 4.78 is 0. The van der Waals surface area contributed by atoms with Crippen molar-refractivity contribution in [3.63, 3.8) is 0 Å². The molecular formula is C23H26N4O4. The number of para-hydroxylation sites is 1. The zero-order chi connectivity index (χ0) is 21.8. The van der Waals surface area contributed by atoms with Gasteiger partial charge in [-0.1, -0.05) is 12.1 Å². The maximum absolute atomic E-state index is 13.0. The Morgan fingerprint density at radius 1 is 0.903 bits per heavy atom. The molecule has 2 heterocycles. The van der Waals surface area contributed by atoms with Gasteiger partial charge in [-0.25, -0.2) is 0 Å². The molecular weight excluding hydrogens is 396 g/mol. The molecule has 2 aliphatic rings. The van der Waals surface area contributed by atoms with Crippen molar-refractivity contribution in [2.45, 2.75) is 32.1 Å². The first-order valence-electron chi connectivity index (χ1n) is 10.8. The van der Waals surface area contributed by atoms with Crippen molar-refractivity contribution in [2.75, 3.05) is 36.4 Å². The Hall–Kier alpha value is -3.42. The van der Waals surface area contributed by atoms with E-state index in [0.717, 1.165) is 45.2 Å². The number of anilines is 2. The van der Waals surface area contributed by atoms with E-state index in [2.05, 4.69) is 5.32 Å². The van der Waals surface area contributed by atoms with Crippen molar-refractivity contribution in [3.8, 4) is 0 Å². The van der Waals surface area contributed by atoms with Crippen LogP contribution in [0, 0.1) is 10.1 Å². The Morgan fingerprint density at radius 3 is 2.29 bits per heavy atom. The van der Waals surface area contributed by atoms with E-state index in [1.807, 2.05) is 9.80 Å². The summed E-state index contributed by atoms with van der Waals surface area (Å²) in [4.78, 5) is 40.8. The minimum Gasteiger partial charge on any atom is -0.366 e. The van der Waals surface area contributed by atoms with Crippen LogP contribution >= 0.6 is 0 Å². The Morgan fingerprint density at radius 2 is 1.58 bits per heavy atom. The molecule has 1 N–H and O–H groups in total. The Labute approximate surface area is 181 Å². The first kappa shape index (κ1) is 20.8. The number of carbonyl (C=O) groups excluding carboxylic acids is 2. The Bertz CT molecular complexity index is 995. The molecule has 0 bridgehead atoms. The Kier molecular flexibility index (Phi) is 6.16. The first-order chi connectivity index (χ1) is 15.0. The highest BCUT2D eigenvalue weighted by atomic mass is 16.6. The van der Waals surface area contributed by atoms with Crippen molar-refractivity contribution < 1.29 is 14.5 Å². The van der Waals surface area contributed by atoms with Crippen LogP contribution in [0.25, 0.3) is 0 Å². The first-order valence-corrected chi connectivity index (χ1v) is 10.8. The van der Waals surface area contributed by atoms with E-state index < -0.39 is 10.8 Å². The zero-order valence-electron chi connectivity index (χ0n) is 17.4. The SMILES string of the molecule is O=C(Nc1ccccc1C(=O)N1CCCCC1)c1ccc(N2CCCC2)c([N+](=O)[O-])c1. The number of amides is 2. The van der Waals surface area contributed by atoms with Crippen LogP contribution in [0.1, 0.15) is 52.8 Å². The number of hydrogen-bond donors (Lipinski definition) is 1. The third kappa shape index (κ3) is 4.52. The van der Waals surface area contributed by atoms with Crippen LogP contribution in [0.5, 0.6) is 0 Å². The number of piperidine rings is 1. The van der Waals surface area contributed by atoms with Crippen molar-refractivity contribution in [1.29, 1.82) is 0 Å². The molecule has 0 aromatic heterocycles. The van der Waals surface area contributed by atoms with Crippen LogP contribution in [0.4, 0.5) is 17.1 Å². The van der Waals surface area contributed by atoms with Crippen LogP contribution in [0.2, 0.25) is 0 Å². The highest BCUT2D eigenvalue weighted by Crippen LogP contribution is 2.32. The molecule has 2 aromatic carbocycles. The van der Waals surface area contributed by atoms with Crippen LogP contribution < -0.4 is 10.2 Å². The fraction of sp³-hybridized carbons (Fsp3) is 0.391. The van der Waals surface area contributed by atoms with Gasteiger partial charge in [0, 0.05) is 37.8 Å². The molecule has 2 aromatic rings. The van der Waals surface area contributed by atoms with Gasteiger partial charge in [0.1, 0.15) is 5.69 Å². The molecule has 0 spiro atoms. The number of hydrogen-bond acceptors (Lipinski definition) is 5. The summed E-state index contributed by atoms with van der Waals surface area (Å²) in [7, 11) is 0. The lowest BCUT2D eigenvalue weighted by Gasteiger charge is -2.27. The maximum Gasteiger partial charge on any atom is 0.293 e. The zero-order valence-corrected chi connectivity index (χ0v) is 17.4. The van der Waals surface area contributed by atoms with E-state index in [4.69, 9.17) is 0 Å². The number of carbonyl (C=O) groups is 2. The van der Waals surface area contributed by atoms with Gasteiger partial charge < -0.3 is 15.1 Å². The van der Waals surface area contributed by atoms with Crippen molar-refractivity contribution in [2.24, 2.45) is 0 Å². The monoisotopic (exact) mass is 422 g/mol. The Balaban J connectivity index is 1.56. The topological polar surface area (TPSA) is 95.8 Å². The summed E-state index contributed by atoms with van der Waals surface area (Å²) in [6, 6.07) is 11.5. The molecule has 0 unspecified atom stereocenters. The van der Waals surface area contributed by atoms with Gasteiger partial charge in [-0.05, 0) is 56.4 Å². The molecule has 4 rings (SSSR count). The van der Waals surface area contributed by atoms with E-state index in [-0.39, 0.29) is 17.2 Å². The van der Waals surface area contributed by atoms with Gasteiger partial charge in [-0.2, -0.15) is 0 Å². The summed E-state index contributed by atoms with van der Waals surface area (Å²) in [6.07, 6.45) is 5.08. The molecule has 162 valence electrons. The molecule has 0 atom stereocenters. The average molecular weight is 422 g/mol. The molecule has 2 amide bonds. The third-order valence-electron chi connectivity index (χ3n) is 5.93. The summed E-state index contributed by atoms with van der Waals surface area (Å²) in [6.45, 7) is 2.98. The fourth-order valence-corrected chi connectivity index (χ4v) is 4.28. The van der Waals surface area contributed by atoms with Gasteiger partial charge in [-0.15, -0.1) is 0 Å². The van der Waals surface area contributed by atoms with E-state index >= 15 is 0 Å². The number of rotatable bonds is 5. The van der Waals surface area contributed by atoms with Crippen LogP contribution in [0.3, 0.4) is 0 Å². The number of benzene rings is 2. The lowest BCUT2D eigenvalue weighted by Crippen LogP contribution is -2.36. The summed E-state index contributed by atoms with van der Waals surface area (Å²) in [5.74, 6) is -0.582. The fourth-order valence-electron chi connectivity index (χ4n) is 4.28. The van der Waals surface area contributed by atoms with Crippen LogP contribution in [-0.4, -0.2) is 47.8 Å². The quantitative estimate of drug-likeness (QED) is 0.579.